The fraction of sp³-hybridized carbons (Fsp3) is 0.217. The number of amides is 2. The molecule has 29 heavy (non-hydrogen) atoms. The van der Waals surface area contributed by atoms with Gasteiger partial charge in [-0.25, -0.2) is 9.78 Å². The molecule has 1 aromatic heterocycles. The molecule has 0 radical (unpaired) electrons. The van der Waals surface area contributed by atoms with E-state index in [2.05, 4.69) is 58.8 Å². The lowest BCUT2D eigenvalue weighted by molar-refractivity contribution is 0.171. The summed E-state index contributed by atoms with van der Waals surface area (Å²) in [6.07, 6.45) is 4.54. The number of carbonyl (C=O) groups is 1. The number of fused-ring (bicyclic) bond motifs is 2. The molecule has 0 atom stereocenters. The van der Waals surface area contributed by atoms with E-state index >= 15 is 0 Å². The van der Waals surface area contributed by atoms with Crippen LogP contribution in [0.3, 0.4) is 0 Å². The molecular formula is C23H21N3O3. The number of hydrogen-bond donors (Lipinski definition) is 1. The van der Waals surface area contributed by atoms with Crippen molar-refractivity contribution in [2.75, 3.05) is 31.6 Å². The highest BCUT2D eigenvalue weighted by atomic mass is 16.6. The topological polar surface area (TPSA) is 63.7 Å². The van der Waals surface area contributed by atoms with Crippen molar-refractivity contribution in [3.63, 3.8) is 0 Å². The number of nitrogens with zero attached hydrogens (tertiary/aromatic N) is 2. The van der Waals surface area contributed by atoms with E-state index in [0.717, 1.165) is 6.42 Å². The summed E-state index contributed by atoms with van der Waals surface area (Å²) in [5, 5.41) is 5.34. The Kier molecular flexibility index (Phi) is 4.52. The molecule has 3 heterocycles. The van der Waals surface area contributed by atoms with Crippen LogP contribution in [0.4, 0.5) is 10.6 Å². The largest absolute Gasteiger partial charge is 0.486 e. The van der Waals surface area contributed by atoms with E-state index in [-0.39, 0.29) is 6.03 Å². The standard InChI is InChI=1S/C23H21N3O3/c27-23(25-22-14-20-21(15-24-22)29-13-12-28-20)26-10-8-17(9-11-26)19-7-3-5-16-4-1-2-6-18(16)19/h1-8,14-15H,9-13H2,(H,24,25,27). The Morgan fingerprint density at radius 2 is 1.86 bits per heavy atom. The first-order valence-corrected chi connectivity index (χ1v) is 9.77. The van der Waals surface area contributed by atoms with Crippen molar-refractivity contribution < 1.29 is 14.3 Å². The molecule has 3 aromatic rings. The molecule has 6 heteroatoms. The van der Waals surface area contributed by atoms with Gasteiger partial charge in [-0.2, -0.15) is 0 Å². The molecule has 0 fully saturated rings. The molecule has 0 saturated heterocycles. The molecule has 0 spiro atoms. The minimum Gasteiger partial charge on any atom is -0.486 e. The number of anilines is 1. The average molecular weight is 387 g/mol. The predicted molar refractivity (Wildman–Crippen MR) is 112 cm³/mol. The quantitative estimate of drug-likeness (QED) is 0.711. The molecule has 2 aromatic carbocycles. The van der Waals surface area contributed by atoms with Crippen molar-refractivity contribution in [2.45, 2.75) is 6.42 Å². The number of aromatic nitrogens is 1. The highest BCUT2D eigenvalue weighted by Crippen LogP contribution is 2.32. The predicted octanol–water partition coefficient (Wildman–Crippen LogP) is 4.33. The maximum atomic E-state index is 12.7. The molecule has 5 rings (SSSR count). The summed E-state index contributed by atoms with van der Waals surface area (Å²) in [7, 11) is 0. The van der Waals surface area contributed by atoms with Crippen LogP contribution in [0.2, 0.25) is 0 Å². The van der Waals surface area contributed by atoms with Gasteiger partial charge < -0.3 is 14.4 Å². The number of urea groups is 1. The average Bonchev–Trinajstić information content (AvgIpc) is 2.79. The minimum atomic E-state index is -0.164. The van der Waals surface area contributed by atoms with Gasteiger partial charge in [-0.1, -0.05) is 48.5 Å². The molecular weight excluding hydrogens is 366 g/mol. The zero-order chi connectivity index (χ0) is 19.6. The SMILES string of the molecule is O=C(Nc1cc2c(cn1)OCCO2)N1CC=C(c2cccc3ccccc23)CC1. The monoisotopic (exact) mass is 387 g/mol. The fourth-order valence-corrected chi connectivity index (χ4v) is 3.81. The summed E-state index contributed by atoms with van der Waals surface area (Å²) in [4.78, 5) is 18.7. The van der Waals surface area contributed by atoms with Crippen LogP contribution >= 0.6 is 0 Å². The first-order valence-electron chi connectivity index (χ1n) is 9.77. The summed E-state index contributed by atoms with van der Waals surface area (Å²) >= 11 is 0. The van der Waals surface area contributed by atoms with Crippen LogP contribution in [0.25, 0.3) is 16.3 Å². The van der Waals surface area contributed by atoms with Crippen LogP contribution in [0.5, 0.6) is 11.5 Å². The lowest BCUT2D eigenvalue weighted by atomic mass is 9.94. The molecule has 0 aliphatic carbocycles. The Labute approximate surface area is 168 Å². The van der Waals surface area contributed by atoms with Gasteiger partial charge in [0, 0.05) is 19.2 Å². The van der Waals surface area contributed by atoms with Gasteiger partial charge in [-0.3, -0.25) is 5.32 Å². The second-order valence-electron chi connectivity index (χ2n) is 7.10. The highest BCUT2D eigenvalue weighted by Gasteiger charge is 2.20. The van der Waals surface area contributed by atoms with Crippen LogP contribution in [0.1, 0.15) is 12.0 Å². The van der Waals surface area contributed by atoms with Crippen molar-refractivity contribution in [2.24, 2.45) is 0 Å². The summed E-state index contributed by atoms with van der Waals surface area (Å²) < 4.78 is 11.0. The van der Waals surface area contributed by atoms with Gasteiger partial charge in [-0.15, -0.1) is 0 Å². The van der Waals surface area contributed by atoms with Crippen molar-refractivity contribution in [1.29, 1.82) is 0 Å². The number of nitrogens with one attached hydrogen (secondary N) is 1. The van der Waals surface area contributed by atoms with Crippen molar-refractivity contribution in [3.8, 4) is 11.5 Å². The Hall–Kier alpha value is -3.54. The number of pyridine rings is 1. The van der Waals surface area contributed by atoms with E-state index < -0.39 is 0 Å². The van der Waals surface area contributed by atoms with E-state index in [1.165, 1.54) is 21.9 Å². The van der Waals surface area contributed by atoms with E-state index in [0.29, 0.717) is 43.6 Å². The second-order valence-corrected chi connectivity index (χ2v) is 7.10. The number of hydrogen-bond acceptors (Lipinski definition) is 4. The highest BCUT2D eigenvalue weighted by molar-refractivity contribution is 5.95. The summed E-state index contributed by atoms with van der Waals surface area (Å²) in [5.74, 6) is 1.68. The Bertz CT molecular complexity index is 1100. The number of rotatable bonds is 2. The first-order chi connectivity index (χ1) is 14.3. The van der Waals surface area contributed by atoms with Crippen LogP contribution in [0.15, 0.2) is 60.8 Å². The van der Waals surface area contributed by atoms with Crippen molar-refractivity contribution in [3.05, 3.63) is 66.4 Å². The summed E-state index contributed by atoms with van der Waals surface area (Å²) in [6, 6.07) is 16.3. The maximum Gasteiger partial charge on any atom is 0.323 e. The Balaban J connectivity index is 1.29. The lowest BCUT2D eigenvalue weighted by Gasteiger charge is -2.27. The van der Waals surface area contributed by atoms with Gasteiger partial charge in [0.2, 0.25) is 0 Å². The minimum absolute atomic E-state index is 0.164. The molecule has 0 saturated carbocycles. The molecule has 2 amide bonds. The van der Waals surface area contributed by atoms with E-state index in [1.54, 1.807) is 17.2 Å². The number of carbonyl (C=O) groups excluding carboxylic acids is 1. The van der Waals surface area contributed by atoms with E-state index in [9.17, 15) is 4.79 Å². The van der Waals surface area contributed by atoms with Crippen LogP contribution in [-0.2, 0) is 0 Å². The third-order valence-corrected chi connectivity index (χ3v) is 5.30. The third-order valence-electron chi connectivity index (χ3n) is 5.30. The maximum absolute atomic E-state index is 12.7. The molecule has 1 N–H and O–H groups in total. The molecule has 6 nitrogen and oxygen atoms in total. The molecule has 146 valence electrons. The van der Waals surface area contributed by atoms with Crippen molar-refractivity contribution >= 4 is 28.2 Å². The zero-order valence-corrected chi connectivity index (χ0v) is 15.9. The first kappa shape index (κ1) is 17.6. The number of ether oxygens (including phenoxy) is 2. The summed E-state index contributed by atoms with van der Waals surface area (Å²) in [6.45, 7) is 2.23. The van der Waals surface area contributed by atoms with Gasteiger partial charge in [0.05, 0.1) is 6.20 Å². The van der Waals surface area contributed by atoms with Crippen LogP contribution in [0, 0.1) is 0 Å². The Morgan fingerprint density at radius 3 is 2.72 bits per heavy atom. The molecule has 2 aliphatic rings. The Morgan fingerprint density at radius 1 is 1.03 bits per heavy atom. The van der Waals surface area contributed by atoms with Gasteiger partial charge in [0.15, 0.2) is 11.5 Å². The smallest absolute Gasteiger partial charge is 0.323 e. The summed E-state index contributed by atoms with van der Waals surface area (Å²) in [5.41, 5.74) is 2.53. The lowest BCUT2D eigenvalue weighted by Crippen LogP contribution is -2.38. The van der Waals surface area contributed by atoms with Gasteiger partial charge in [0.1, 0.15) is 19.0 Å². The number of benzene rings is 2. The van der Waals surface area contributed by atoms with E-state index in [4.69, 9.17) is 9.47 Å². The van der Waals surface area contributed by atoms with Crippen LogP contribution in [-0.4, -0.2) is 42.2 Å². The van der Waals surface area contributed by atoms with Gasteiger partial charge >= 0.3 is 6.03 Å². The van der Waals surface area contributed by atoms with Crippen molar-refractivity contribution in [1.82, 2.24) is 9.88 Å². The van der Waals surface area contributed by atoms with Crippen LogP contribution < -0.4 is 14.8 Å². The second kappa shape index (κ2) is 7.47. The molecule has 0 unspecified atom stereocenters. The molecule has 2 aliphatic heterocycles. The molecule has 0 bridgehead atoms. The van der Waals surface area contributed by atoms with Gasteiger partial charge in [-0.05, 0) is 28.3 Å². The normalized spacial score (nSPS) is 15.7. The van der Waals surface area contributed by atoms with E-state index in [1.807, 2.05) is 0 Å². The fourth-order valence-electron chi connectivity index (χ4n) is 3.81. The third kappa shape index (κ3) is 3.49. The zero-order valence-electron chi connectivity index (χ0n) is 15.9. The van der Waals surface area contributed by atoms with Gasteiger partial charge in [0.25, 0.3) is 0 Å².